The van der Waals surface area contributed by atoms with Crippen LogP contribution < -0.4 is 0 Å². The first kappa shape index (κ1) is 19.3. The minimum Gasteiger partial charge on any atom is -0.465 e. The fourth-order valence-electron chi connectivity index (χ4n) is 4.03. The molecule has 2 aliphatic carbocycles. The summed E-state index contributed by atoms with van der Waals surface area (Å²) in [7, 11) is 0. The molecule has 0 aromatic heterocycles. The van der Waals surface area contributed by atoms with Crippen LogP contribution in [0.4, 0.5) is 0 Å². The Kier molecular flexibility index (Phi) is 8.62. The van der Waals surface area contributed by atoms with Gasteiger partial charge in [-0.3, -0.25) is 9.59 Å². The maximum atomic E-state index is 12.5. The van der Waals surface area contributed by atoms with Gasteiger partial charge >= 0.3 is 11.9 Å². The minimum atomic E-state index is -0.294. The molecule has 0 heterocycles. The summed E-state index contributed by atoms with van der Waals surface area (Å²) in [4.78, 5) is 24.7. The van der Waals surface area contributed by atoms with Crippen molar-refractivity contribution in [1.29, 1.82) is 0 Å². The minimum absolute atomic E-state index is 0.178. The zero-order valence-corrected chi connectivity index (χ0v) is 15.3. The highest BCUT2D eigenvalue weighted by molar-refractivity contribution is 5.82. The Labute approximate surface area is 146 Å². The molecule has 0 amide bonds. The van der Waals surface area contributed by atoms with Crippen LogP contribution in [0.1, 0.15) is 84.0 Å². The van der Waals surface area contributed by atoms with Crippen LogP contribution in [0.25, 0.3) is 0 Å². The fraction of sp³-hybridized carbons (Fsp3) is 0.900. The van der Waals surface area contributed by atoms with Gasteiger partial charge in [-0.25, -0.2) is 0 Å². The Balaban J connectivity index is 1.75. The predicted octanol–water partition coefficient (Wildman–Crippen LogP) is 4.65. The molecule has 2 fully saturated rings. The van der Waals surface area contributed by atoms with Gasteiger partial charge in [0, 0.05) is 0 Å². The van der Waals surface area contributed by atoms with Gasteiger partial charge in [0.1, 0.15) is 0 Å². The van der Waals surface area contributed by atoms with Gasteiger partial charge in [-0.15, -0.1) is 0 Å². The molecule has 0 N–H and O–H groups in total. The molecular formula is C20H34O4. The van der Waals surface area contributed by atoms with E-state index in [2.05, 4.69) is 6.92 Å². The summed E-state index contributed by atoms with van der Waals surface area (Å²) in [5.41, 5.74) is 0. The maximum Gasteiger partial charge on any atom is 0.309 e. The summed E-state index contributed by atoms with van der Waals surface area (Å²) in [6.07, 6.45) is 12.9. The van der Waals surface area contributed by atoms with E-state index in [0.29, 0.717) is 19.1 Å². The van der Waals surface area contributed by atoms with Gasteiger partial charge in [0.05, 0.1) is 25.0 Å². The summed E-state index contributed by atoms with van der Waals surface area (Å²) in [6.45, 7) is 3.05. The van der Waals surface area contributed by atoms with Crippen molar-refractivity contribution in [3.05, 3.63) is 0 Å². The summed E-state index contributed by atoms with van der Waals surface area (Å²) >= 11 is 0. The van der Waals surface area contributed by atoms with Gasteiger partial charge in [0.25, 0.3) is 0 Å². The summed E-state index contributed by atoms with van der Waals surface area (Å²) in [5.74, 6) is -0.245. The van der Waals surface area contributed by atoms with E-state index in [-0.39, 0.29) is 23.8 Å². The molecule has 0 saturated heterocycles. The number of hydrogen-bond acceptors (Lipinski definition) is 4. The highest BCUT2D eigenvalue weighted by Crippen LogP contribution is 2.32. The fourth-order valence-corrected chi connectivity index (χ4v) is 4.03. The molecule has 24 heavy (non-hydrogen) atoms. The van der Waals surface area contributed by atoms with E-state index in [4.69, 9.17) is 9.47 Å². The average Bonchev–Trinajstić information content (AvgIpc) is 2.62. The molecule has 2 rings (SSSR count). The van der Waals surface area contributed by atoms with Crippen molar-refractivity contribution in [2.45, 2.75) is 84.0 Å². The molecule has 0 aromatic rings. The Hall–Kier alpha value is -1.06. The number of hydrogen-bond donors (Lipinski definition) is 0. The van der Waals surface area contributed by atoms with E-state index in [1.54, 1.807) is 0 Å². The smallest absolute Gasteiger partial charge is 0.309 e. The molecule has 4 nitrogen and oxygen atoms in total. The topological polar surface area (TPSA) is 52.6 Å². The molecule has 2 aliphatic rings. The maximum absolute atomic E-state index is 12.5. The normalized spacial score (nSPS) is 25.2. The predicted molar refractivity (Wildman–Crippen MR) is 93.5 cm³/mol. The van der Waals surface area contributed by atoms with Crippen molar-refractivity contribution >= 4 is 11.9 Å². The quantitative estimate of drug-likeness (QED) is 0.477. The largest absolute Gasteiger partial charge is 0.465 e. The zero-order chi connectivity index (χ0) is 17.2. The van der Waals surface area contributed by atoms with E-state index in [1.807, 2.05) is 0 Å². The van der Waals surface area contributed by atoms with Crippen LogP contribution in [0.5, 0.6) is 0 Å². The highest BCUT2D eigenvalue weighted by Gasteiger charge is 2.37. The standard InChI is InChI=1S/C20H34O4/c1-2-3-14-23-19(21)17-11-7-8-12-18(17)20(22)24-15-13-16-9-5-4-6-10-16/h16-18H,2-15H2,1H3. The second-order valence-corrected chi connectivity index (χ2v) is 7.48. The van der Waals surface area contributed by atoms with Crippen LogP contribution >= 0.6 is 0 Å². The number of carbonyl (C=O) groups is 2. The van der Waals surface area contributed by atoms with Crippen LogP contribution in [0, 0.1) is 17.8 Å². The Morgan fingerprint density at radius 2 is 1.33 bits per heavy atom. The monoisotopic (exact) mass is 338 g/mol. The van der Waals surface area contributed by atoms with Crippen molar-refractivity contribution < 1.29 is 19.1 Å². The lowest BCUT2D eigenvalue weighted by molar-refractivity contribution is -0.163. The van der Waals surface area contributed by atoms with Crippen molar-refractivity contribution in [3.63, 3.8) is 0 Å². The first-order valence-corrected chi connectivity index (χ1v) is 10.1. The Morgan fingerprint density at radius 1 is 0.792 bits per heavy atom. The molecule has 4 heteroatoms. The van der Waals surface area contributed by atoms with Crippen LogP contribution in [0.3, 0.4) is 0 Å². The Bertz CT molecular complexity index is 387. The second-order valence-electron chi connectivity index (χ2n) is 7.48. The highest BCUT2D eigenvalue weighted by atomic mass is 16.5. The zero-order valence-electron chi connectivity index (χ0n) is 15.3. The van der Waals surface area contributed by atoms with Crippen LogP contribution in [-0.4, -0.2) is 25.2 Å². The van der Waals surface area contributed by atoms with Crippen molar-refractivity contribution in [2.24, 2.45) is 17.8 Å². The molecule has 0 bridgehead atoms. The molecule has 2 saturated carbocycles. The molecule has 0 radical (unpaired) electrons. The first-order valence-electron chi connectivity index (χ1n) is 10.1. The van der Waals surface area contributed by atoms with Crippen LogP contribution in [-0.2, 0) is 19.1 Å². The third-order valence-corrected chi connectivity index (χ3v) is 5.61. The molecule has 0 aliphatic heterocycles. The Morgan fingerprint density at radius 3 is 1.92 bits per heavy atom. The average molecular weight is 338 g/mol. The lowest BCUT2D eigenvalue weighted by Crippen LogP contribution is -2.35. The number of carbonyl (C=O) groups excluding carboxylic acids is 2. The molecule has 0 spiro atoms. The van der Waals surface area contributed by atoms with E-state index < -0.39 is 0 Å². The molecule has 138 valence electrons. The van der Waals surface area contributed by atoms with Gasteiger partial charge < -0.3 is 9.47 Å². The van der Waals surface area contributed by atoms with Gasteiger partial charge in [-0.05, 0) is 31.6 Å². The summed E-state index contributed by atoms with van der Waals surface area (Å²) < 4.78 is 10.9. The van der Waals surface area contributed by atoms with Crippen molar-refractivity contribution in [2.75, 3.05) is 13.2 Å². The summed E-state index contributed by atoms with van der Waals surface area (Å²) in [6, 6.07) is 0. The summed E-state index contributed by atoms with van der Waals surface area (Å²) in [5, 5.41) is 0. The van der Waals surface area contributed by atoms with Crippen molar-refractivity contribution in [3.8, 4) is 0 Å². The van der Waals surface area contributed by atoms with E-state index in [1.165, 1.54) is 32.1 Å². The molecule has 0 aromatic carbocycles. The molecule has 2 atom stereocenters. The van der Waals surface area contributed by atoms with E-state index >= 15 is 0 Å². The van der Waals surface area contributed by atoms with E-state index in [9.17, 15) is 9.59 Å². The number of unbranched alkanes of at least 4 members (excludes halogenated alkanes) is 1. The molecule has 2 unspecified atom stereocenters. The SMILES string of the molecule is CCCCOC(=O)C1CCCCC1C(=O)OCCC1CCCCC1. The third-order valence-electron chi connectivity index (χ3n) is 5.61. The lowest BCUT2D eigenvalue weighted by Gasteiger charge is -2.28. The van der Waals surface area contributed by atoms with Gasteiger partial charge in [0.15, 0.2) is 0 Å². The lowest BCUT2D eigenvalue weighted by atomic mass is 9.79. The number of esters is 2. The second kappa shape index (κ2) is 10.7. The van der Waals surface area contributed by atoms with Gasteiger partial charge in [0.2, 0.25) is 0 Å². The number of ether oxygens (including phenoxy) is 2. The van der Waals surface area contributed by atoms with Gasteiger partial charge in [-0.2, -0.15) is 0 Å². The first-order chi connectivity index (χ1) is 11.7. The number of rotatable bonds is 8. The van der Waals surface area contributed by atoms with E-state index in [0.717, 1.165) is 44.9 Å². The van der Waals surface area contributed by atoms with Crippen molar-refractivity contribution in [1.82, 2.24) is 0 Å². The third kappa shape index (κ3) is 6.10. The van der Waals surface area contributed by atoms with Gasteiger partial charge in [-0.1, -0.05) is 58.3 Å². The van der Waals surface area contributed by atoms with Crippen LogP contribution in [0.2, 0.25) is 0 Å². The van der Waals surface area contributed by atoms with Crippen LogP contribution in [0.15, 0.2) is 0 Å². The molecular weight excluding hydrogens is 304 g/mol.